The minimum atomic E-state index is -0.0378. The Morgan fingerprint density at radius 3 is 2.47 bits per heavy atom. The van der Waals surface area contributed by atoms with E-state index in [4.69, 9.17) is 20.9 Å². The van der Waals surface area contributed by atoms with Crippen LogP contribution in [-0.4, -0.2) is 48.3 Å². The molecule has 1 aromatic heterocycles. The third-order valence-corrected chi connectivity index (χ3v) is 6.17. The van der Waals surface area contributed by atoms with Crippen LogP contribution in [0.5, 0.6) is 0 Å². The van der Waals surface area contributed by atoms with Gasteiger partial charge in [-0.2, -0.15) is 0 Å². The van der Waals surface area contributed by atoms with E-state index in [-0.39, 0.29) is 11.9 Å². The van der Waals surface area contributed by atoms with Crippen molar-refractivity contribution in [3.8, 4) is 11.3 Å². The van der Waals surface area contributed by atoms with E-state index in [1.54, 1.807) is 24.3 Å². The first kappa shape index (κ1) is 22.4. The smallest absolute Gasteiger partial charge is 0.254 e. The third kappa shape index (κ3) is 4.81. The van der Waals surface area contributed by atoms with Gasteiger partial charge in [0, 0.05) is 35.3 Å². The number of carbonyl (C=O) groups excluding carboxylic acids is 1. The van der Waals surface area contributed by atoms with Crippen LogP contribution < -0.4 is 4.90 Å². The number of anilines is 1. The van der Waals surface area contributed by atoms with E-state index < -0.39 is 0 Å². The molecule has 7 heteroatoms. The maximum Gasteiger partial charge on any atom is 0.254 e. The fourth-order valence-corrected chi connectivity index (χ4v) is 3.98. The lowest BCUT2D eigenvalue weighted by atomic mass is 10.0. The third-order valence-electron chi connectivity index (χ3n) is 5.92. The SMILES string of the molecule is CC[C@H](C)N(Cc1c(-c2ccccc2)noc1N1CCOCC1)C(=O)c1ccc(Cl)cc1. The fourth-order valence-electron chi connectivity index (χ4n) is 3.86. The standard InChI is InChI=1S/C25H28ClN3O3/c1-3-18(2)29(24(30)20-9-11-21(26)12-10-20)17-22-23(19-7-5-4-6-8-19)27-32-25(22)28-13-15-31-16-14-28/h4-12,18H,3,13-17H2,1-2H3/t18-/m0/s1. The van der Waals surface area contributed by atoms with E-state index >= 15 is 0 Å². The lowest BCUT2D eigenvalue weighted by Gasteiger charge is -2.31. The van der Waals surface area contributed by atoms with E-state index in [0.717, 1.165) is 36.3 Å². The predicted molar refractivity (Wildman–Crippen MR) is 126 cm³/mol. The van der Waals surface area contributed by atoms with Gasteiger partial charge < -0.3 is 19.1 Å². The molecule has 1 aliphatic heterocycles. The van der Waals surface area contributed by atoms with Gasteiger partial charge in [-0.05, 0) is 37.6 Å². The minimum absolute atomic E-state index is 0.0363. The Morgan fingerprint density at radius 2 is 1.81 bits per heavy atom. The summed E-state index contributed by atoms with van der Waals surface area (Å²) >= 11 is 6.03. The second-order valence-electron chi connectivity index (χ2n) is 7.98. The molecule has 0 N–H and O–H groups in total. The molecule has 2 heterocycles. The molecule has 2 aromatic carbocycles. The molecule has 1 saturated heterocycles. The zero-order chi connectivity index (χ0) is 22.5. The summed E-state index contributed by atoms with van der Waals surface area (Å²) in [7, 11) is 0. The maximum atomic E-state index is 13.5. The van der Waals surface area contributed by atoms with Gasteiger partial charge in [0.25, 0.3) is 5.91 Å². The van der Waals surface area contributed by atoms with Crippen molar-refractivity contribution in [1.82, 2.24) is 10.1 Å². The molecule has 6 nitrogen and oxygen atoms in total. The molecule has 1 atom stereocenters. The van der Waals surface area contributed by atoms with Crippen molar-refractivity contribution in [2.75, 3.05) is 31.2 Å². The van der Waals surface area contributed by atoms with Crippen LogP contribution in [0.1, 0.15) is 36.2 Å². The van der Waals surface area contributed by atoms with Crippen molar-refractivity contribution in [2.24, 2.45) is 0 Å². The van der Waals surface area contributed by atoms with E-state index in [9.17, 15) is 4.79 Å². The normalized spacial score (nSPS) is 14.9. The number of rotatable bonds is 7. The zero-order valence-corrected chi connectivity index (χ0v) is 19.2. The number of nitrogens with zero attached hydrogens (tertiary/aromatic N) is 3. The minimum Gasteiger partial charge on any atom is -0.378 e. The van der Waals surface area contributed by atoms with Gasteiger partial charge in [-0.3, -0.25) is 4.79 Å². The van der Waals surface area contributed by atoms with Crippen molar-refractivity contribution >= 4 is 23.4 Å². The summed E-state index contributed by atoms with van der Waals surface area (Å²) < 4.78 is 11.4. The summed E-state index contributed by atoms with van der Waals surface area (Å²) in [5.41, 5.74) is 3.26. The van der Waals surface area contributed by atoms with Gasteiger partial charge >= 0.3 is 0 Å². The monoisotopic (exact) mass is 453 g/mol. The molecule has 4 rings (SSSR count). The van der Waals surface area contributed by atoms with Gasteiger partial charge in [-0.1, -0.05) is 54.0 Å². The highest BCUT2D eigenvalue weighted by molar-refractivity contribution is 6.30. The van der Waals surface area contributed by atoms with Gasteiger partial charge in [-0.15, -0.1) is 0 Å². The molecule has 0 bridgehead atoms. The Labute approximate surface area is 193 Å². The van der Waals surface area contributed by atoms with Gasteiger partial charge in [0.1, 0.15) is 5.69 Å². The second-order valence-corrected chi connectivity index (χ2v) is 8.41. The van der Waals surface area contributed by atoms with Crippen molar-refractivity contribution in [3.63, 3.8) is 0 Å². The highest BCUT2D eigenvalue weighted by Gasteiger charge is 2.29. The predicted octanol–water partition coefficient (Wildman–Crippen LogP) is 5.27. The second kappa shape index (κ2) is 10.2. The summed E-state index contributed by atoms with van der Waals surface area (Å²) in [6.07, 6.45) is 0.832. The number of hydrogen-bond acceptors (Lipinski definition) is 5. The topological polar surface area (TPSA) is 58.8 Å². The molecule has 0 aliphatic carbocycles. The quantitative estimate of drug-likeness (QED) is 0.487. The molecule has 0 saturated carbocycles. The van der Waals surface area contributed by atoms with E-state index in [2.05, 4.69) is 23.9 Å². The zero-order valence-electron chi connectivity index (χ0n) is 18.5. The molecule has 168 valence electrons. The fraction of sp³-hybridized carbons (Fsp3) is 0.360. The molecular formula is C25H28ClN3O3. The summed E-state index contributed by atoms with van der Waals surface area (Å²) in [5, 5.41) is 5.04. The van der Waals surface area contributed by atoms with Crippen molar-refractivity contribution in [2.45, 2.75) is 32.9 Å². The Bertz CT molecular complexity index is 1030. The lowest BCUT2D eigenvalue weighted by molar-refractivity contribution is 0.0671. The molecule has 0 spiro atoms. The summed E-state index contributed by atoms with van der Waals surface area (Å²) in [4.78, 5) is 17.6. The molecule has 32 heavy (non-hydrogen) atoms. The molecule has 1 aliphatic rings. The largest absolute Gasteiger partial charge is 0.378 e. The first-order valence-electron chi connectivity index (χ1n) is 11.0. The van der Waals surface area contributed by atoms with Crippen molar-refractivity contribution < 1.29 is 14.1 Å². The molecule has 0 radical (unpaired) electrons. The summed E-state index contributed by atoms with van der Waals surface area (Å²) in [6, 6.07) is 17.0. The van der Waals surface area contributed by atoms with Crippen LogP contribution in [0.4, 0.5) is 5.88 Å². The molecular weight excluding hydrogens is 426 g/mol. The Hall–Kier alpha value is -2.83. The average Bonchev–Trinajstić information content (AvgIpc) is 3.27. The van der Waals surface area contributed by atoms with E-state index in [1.165, 1.54) is 0 Å². The lowest BCUT2D eigenvalue weighted by Crippen LogP contribution is -2.39. The number of aromatic nitrogens is 1. The van der Waals surface area contributed by atoms with Crippen LogP contribution >= 0.6 is 11.6 Å². The van der Waals surface area contributed by atoms with E-state index in [1.807, 2.05) is 35.2 Å². The number of amides is 1. The molecule has 1 fully saturated rings. The number of halogens is 1. The first-order chi connectivity index (χ1) is 15.6. The van der Waals surface area contributed by atoms with Crippen molar-refractivity contribution in [1.29, 1.82) is 0 Å². The molecule has 3 aromatic rings. The molecule has 0 unspecified atom stereocenters. The van der Waals surface area contributed by atoms with Crippen LogP contribution in [0.15, 0.2) is 59.1 Å². The summed E-state index contributed by atoms with van der Waals surface area (Å²) in [6.45, 7) is 7.28. The van der Waals surface area contributed by atoms with Gasteiger partial charge in [0.05, 0.1) is 25.3 Å². The Balaban J connectivity index is 1.73. The van der Waals surface area contributed by atoms with Crippen LogP contribution in [0, 0.1) is 0 Å². The first-order valence-corrected chi connectivity index (χ1v) is 11.4. The molecule has 1 amide bonds. The van der Waals surface area contributed by atoms with Crippen LogP contribution in [0.3, 0.4) is 0 Å². The van der Waals surface area contributed by atoms with Crippen LogP contribution in [-0.2, 0) is 11.3 Å². The highest BCUT2D eigenvalue weighted by Crippen LogP contribution is 2.34. The summed E-state index contributed by atoms with van der Waals surface area (Å²) in [5.74, 6) is 0.675. The van der Waals surface area contributed by atoms with Crippen LogP contribution in [0.2, 0.25) is 5.02 Å². The van der Waals surface area contributed by atoms with Crippen LogP contribution in [0.25, 0.3) is 11.3 Å². The van der Waals surface area contributed by atoms with E-state index in [0.29, 0.717) is 36.2 Å². The van der Waals surface area contributed by atoms with Gasteiger partial charge in [-0.25, -0.2) is 0 Å². The van der Waals surface area contributed by atoms with Gasteiger partial charge in [0.15, 0.2) is 0 Å². The maximum absolute atomic E-state index is 13.5. The van der Waals surface area contributed by atoms with Crippen molar-refractivity contribution in [3.05, 3.63) is 70.7 Å². The number of benzene rings is 2. The number of morpholine rings is 1. The Kier molecular flexibility index (Phi) is 7.12. The highest BCUT2D eigenvalue weighted by atomic mass is 35.5. The average molecular weight is 454 g/mol. The number of hydrogen-bond donors (Lipinski definition) is 0. The van der Waals surface area contributed by atoms with Gasteiger partial charge in [0.2, 0.25) is 5.88 Å². The number of carbonyl (C=O) groups is 1. The number of ether oxygens (including phenoxy) is 1. The Morgan fingerprint density at radius 1 is 1.12 bits per heavy atom.